The topological polar surface area (TPSA) is 120 Å². The molecule has 8 nitrogen and oxygen atoms in total. The van der Waals surface area contributed by atoms with Gasteiger partial charge < -0.3 is 15.8 Å². The predicted octanol–water partition coefficient (Wildman–Crippen LogP) is 2.60. The molecule has 2 aromatic rings. The number of benzene rings is 1. The van der Waals surface area contributed by atoms with Crippen molar-refractivity contribution >= 4 is 17.4 Å². The van der Waals surface area contributed by atoms with Gasteiger partial charge in [0.1, 0.15) is 17.8 Å². The highest BCUT2D eigenvalue weighted by Crippen LogP contribution is 2.23. The van der Waals surface area contributed by atoms with E-state index in [1.807, 2.05) is 0 Å². The summed E-state index contributed by atoms with van der Waals surface area (Å²) in [6.45, 7) is 0.0946. The molecule has 0 bridgehead atoms. The summed E-state index contributed by atoms with van der Waals surface area (Å²) >= 11 is 0. The number of aromatic nitrogens is 1. The largest absolute Gasteiger partial charge is 0.573 e. The predicted molar refractivity (Wildman–Crippen MR) is 79.9 cm³/mol. The van der Waals surface area contributed by atoms with Crippen LogP contribution in [-0.4, -0.2) is 22.2 Å². The first-order valence-electron chi connectivity index (χ1n) is 6.68. The first kappa shape index (κ1) is 18.0. The molecule has 11 heteroatoms. The van der Waals surface area contributed by atoms with E-state index in [0.717, 1.165) is 24.4 Å². The molecule has 0 saturated heterocycles. The first-order chi connectivity index (χ1) is 11.7. The number of rotatable bonds is 6. The van der Waals surface area contributed by atoms with Crippen molar-refractivity contribution in [2.75, 3.05) is 5.32 Å². The number of alkyl halides is 3. The molecule has 0 unspecified atom stereocenters. The Kier molecular flexibility index (Phi) is 5.05. The fourth-order valence-corrected chi connectivity index (χ4v) is 1.88. The molecule has 0 aliphatic heterocycles. The highest BCUT2D eigenvalue weighted by molar-refractivity contribution is 5.98. The third-order valence-electron chi connectivity index (χ3n) is 2.97. The second-order valence-electron chi connectivity index (χ2n) is 4.76. The molecule has 1 heterocycles. The number of nitrogens with zero attached hydrogens (tertiary/aromatic N) is 2. The average Bonchev–Trinajstić information content (AvgIpc) is 2.52. The zero-order valence-corrected chi connectivity index (χ0v) is 12.4. The minimum absolute atomic E-state index is 0.0220. The third kappa shape index (κ3) is 5.06. The first-order valence-corrected chi connectivity index (χ1v) is 6.68. The molecule has 0 atom stereocenters. The Morgan fingerprint density at radius 2 is 1.96 bits per heavy atom. The van der Waals surface area contributed by atoms with E-state index in [4.69, 9.17) is 5.73 Å². The Balaban J connectivity index is 2.10. The molecule has 2 rings (SSSR count). The SMILES string of the molecule is NC(=O)c1cc([N+](=O)[O-])cnc1NCc1ccc(OC(F)(F)F)cc1. The lowest BCUT2D eigenvalue weighted by Crippen LogP contribution is -2.17. The van der Waals surface area contributed by atoms with Gasteiger partial charge in [0.15, 0.2) is 0 Å². The van der Waals surface area contributed by atoms with Crippen LogP contribution in [0.3, 0.4) is 0 Å². The van der Waals surface area contributed by atoms with Gasteiger partial charge in [-0.2, -0.15) is 0 Å². The number of carbonyl (C=O) groups excluding carboxylic acids is 1. The van der Waals surface area contributed by atoms with Crippen LogP contribution in [0.4, 0.5) is 24.7 Å². The Morgan fingerprint density at radius 1 is 1.32 bits per heavy atom. The van der Waals surface area contributed by atoms with Gasteiger partial charge >= 0.3 is 6.36 Å². The van der Waals surface area contributed by atoms with Crippen LogP contribution in [0.5, 0.6) is 5.75 Å². The summed E-state index contributed by atoms with van der Waals surface area (Å²) in [6.07, 6.45) is -3.83. The molecule has 1 aromatic carbocycles. The number of hydrogen-bond donors (Lipinski definition) is 2. The van der Waals surface area contributed by atoms with Crippen molar-refractivity contribution in [2.45, 2.75) is 12.9 Å². The van der Waals surface area contributed by atoms with Gasteiger partial charge in [0, 0.05) is 12.6 Å². The van der Waals surface area contributed by atoms with Crippen molar-refractivity contribution in [1.29, 1.82) is 0 Å². The fourth-order valence-electron chi connectivity index (χ4n) is 1.88. The lowest BCUT2D eigenvalue weighted by molar-refractivity contribution is -0.385. The second kappa shape index (κ2) is 7.03. The van der Waals surface area contributed by atoms with Crippen LogP contribution in [0.1, 0.15) is 15.9 Å². The molecule has 132 valence electrons. The number of halogens is 3. The van der Waals surface area contributed by atoms with Gasteiger partial charge in [-0.1, -0.05) is 12.1 Å². The summed E-state index contributed by atoms with van der Waals surface area (Å²) < 4.78 is 40.0. The minimum Gasteiger partial charge on any atom is -0.406 e. The van der Waals surface area contributed by atoms with Crippen molar-refractivity contribution in [3.05, 3.63) is 57.8 Å². The number of amides is 1. The number of ether oxygens (including phenoxy) is 1. The molecule has 0 aliphatic rings. The average molecular weight is 356 g/mol. The molecule has 0 saturated carbocycles. The van der Waals surface area contributed by atoms with E-state index < -0.39 is 22.9 Å². The van der Waals surface area contributed by atoms with Gasteiger partial charge in [-0.25, -0.2) is 4.98 Å². The number of nitro groups is 1. The molecule has 0 aliphatic carbocycles. The Hall–Kier alpha value is -3.37. The van der Waals surface area contributed by atoms with Crippen molar-refractivity contribution in [2.24, 2.45) is 5.73 Å². The molecular weight excluding hydrogens is 345 g/mol. The van der Waals surface area contributed by atoms with E-state index >= 15 is 0 Å². The van der Waals surface area contributed by atoms with Crippen LogP contribution < -0.4 is 15.8 Å². The number of anilines is 1. The number of hydrogen-bond acceptors (Lipinski definition) is 6. The van der Waals surface area contributed by atoms with Crippen LogP contribution in [0.2, 0.25) is 0 Å². The standard InChI is InChI=1S/C14H11F3N4O4/c15-14(16,17)25-10-3-1-8(2-4-10)6-19-13-11(12(18)22)5-9(7-20-13)21(23)24/h1-5,7H,6H2,(H2,18,22)(H,19,20). The van der Waals surface area contributed by atoms with Crippen molar-refractivity contribution in [1.82, 2.24) is 4.98 Å². The quantitative estimate of drug-likeness (QED) is 0.606. The van der Waals surface area contributed by atoms with Crippen LogP contribution in [0, 0.1) is 10.1 Å². The zero-order valence-electron chi connectivity index (χ0n) is 12.4. The van der Waals surface area contributed by atoms with Crippen LogP contribution in [-0.2, 0) is 6.54 Å². The molecule has 0 spiro atoms. The van der Waals surface area contributed by atoms with Crippen LogP contribution in [0.25, 0.3) is 0 Å². The third-order valence-corrected chi connectivity index (χ3v) is 2.97. The van der Waals surface area contributed by atoms with Gasteiger partial charge in [-0.05, 0) is 17.7 Å². The molecule has 0 fully saturated rings. The van der Waals surface area contributed by atoms with E-state index in [2.05, 4.69) is 15.0 Å². The molecule has 1 aromatic heterocycles. The molecule has 0 radical (unpaired) electrons. The fraction of sp³-hybridized carbons (Fsp3) is 0.143. The maximum absolute atomic E-state index is 12.1. The van der Waals surface area contributed by atoms with E-state index in [0.29, 0.717) is 5.56 Å². The van der Waals surface area contributed by atoms with Gasteiger partial charge in [-0.3, -0.25) is 14.9 Å². The van der Waals surface area contributed by atoms with Gasteiger partial charge in [0.2, 0.25) is 0 Å². The number of nitrogens with one attached hydrogen (secondary N) is 1. The number of pyridine rings is 1. The highest BCUT2D eigenvalue weighted by atomic mass is 19.4. The van der Waals surface area contributed by atoms with Gasteiger partial charge in [-0.15, -0.1) is 13.2 Å². The summed E-state index contributed by atoms with van der Waals surface area (Å²) in [5.41, 5.74) is 5.16. The Morgan fingerprint density at radius 3 is 2.48 bits per heavy atom. The number of carbonyl (C=O) groups is 1. The van der Waals surface area contributed by atoms with E-state index in [-0.39, 0.29) is 23.7 Å². The number of nitrogens with two attached hydrogens (primary N) is 1. The van der Waals surface area contributed by atoms with Crippen LogP contribution >= 0.6 is 0 Å². The van der Waals surface area contributed by atoms with Crippen molar-refractivity contribution in [3.8, 4) is 5.75 Å². The van der Waals surface area contributed by atoms with E-state index in [1.165, 1.54) is 12.1 Å². The summed E-state index contributed by atoms with van der Waals surface area (Å²) in [5, 5.41) is 13.4. The summed E-state index contributed by atoms with van der Waals surface area (Å²) in [7, 11) is 0. The molecular formula is C14H11F3N4O4. The van der Waals surface area contributed by atoms with Gasteiger partial charge in [0.05, 0.1) is 10.5 Å². The number of primary amides is 1. The van der Waals surface area contributed by atoms with E-state index in [9.17, 15) is 28.1 Å². The van der Waals surface area contributed by atoms with Crippen molar-refractivity contribution in [3.63, 3.8) is 0 Å². The highest BCUT2D eigenvalue weighted by Gasteiger charge is 2.30. The van der Waals surface area contributed by atoms with Crippen molar-refractivity contribution < 1.29 is 27.6 Å². The summed E-state index contributed by atoms with van der Waals surface area (Å²) in [5.74, 6) is -1.26. The lowest BCUT2D eigenvalue weighted by Gasteiger charge is -2.11. The molecule has 1 amide bonds. The zero-order chi connectivity index (χ0) is 18.6. The maximum Gasteiger partial charge on any atom is 0.573 e. The lowest BCUT2D eigenvalue weighted by atomic mass is 10.2. The van der Waals surface area contributed by atoms with Crippen LogP contribution in [0.15, 0.2) is 36.5 Å². The van der Waals surface area contributed by atoms with E-state index in [1.54, 1.807) is 0 Å². The monoisotopic (exact) mass is 356 g/mol. The maximum atomic E-state index is 12.1. The smallest absolute Gasteiger partial charge is 0.406 e. The summed E-state index contributed by atoms with van der Waals surface area (Å²) in [4.78, 5) is 25.1. The molecule has 25 heavy (non-hydrogen) atoms. The normalized spacial score (nSPS) is 11.0. The minimum atomic E-state index is -4.78. The summed E-state index contributed by atoms with van der Waals surface area (Å²) in [6, 6.07) is 6.00. The second-order valence-corrected chi connectivity index (χ2v) is 4.76. The Bertz CT molecular complexity index is 794. The Labute approximate surface area is 138 Å². The van der Waals surface area contributed by atoms with Gasteiger partial charge in [0.25, 0.3) is 11.6 Å². The molecule has 3 N–H and O–H groups in total.